The number of rotatable bonds is 6. The third-order valence-corrected chi connectivity index (χ3v) is 4.18. The van der Waals surface area contributed by atoms with Gasteiger partial charge in [-0.25, -0.2) is 4.79 Å². The minimum Gasteiger partial charge on any atom is -0.454 e. The number of carbonyl (C=O) groups excluding carboxylic acids is 2. The molecule has 0 aromatic heterocycles. The van der Waals surface area contributed by atoms with E-state index < -0.39 is 52.1 Å². The average Bonchev–Trinajstić information content (AvgIpc) is 3.23. The molecule has 0 unspecified atom stereocenters. The summed E-state index contributed by atoms with van der Waals surface area (Å²) in [5.74, 6) is -1.33. The van der Waals surface area contributed by atoms with Crippen molar-refractivity contribution < 1.29 is 41.9 Å². The minimum atomic E-state index is -4.82. The van der Waals surface area contributed by atoms with Crippen molar-refractivity contribution >= 4 is 29.3 Å². The largest absolute Gasteiger partial charge is 0.454 e. The fraction of sp³-hybridized carbons (Fsp3) is 0.150. The van der Waals surface area contributed by atoms with E-state index in [4.69, 9.17) is 14.2 Å². The molecule has 0 radical (unpaired) electrons. The quantitative estimate of drug-likeness (QED) is 0.226. The molecule has 33 heavy (non-hydrogen) atoms. The Morgan fingerprint density at radius 1 is 1.21 bits per heavy atom. The summed E-state index contributed by atoms with van der Waals surface area (Å²) in [6.45, 7) is -0.918. The van der Waals surface area contributed by atoms with Gasteiger partial charge in [-0.3, -0.25) is 14.9 Å². The highest BCUT2D eigenvalue weighted by molar-refractivity contribution is 6.00. The summed E-state index contributed by atoms with van der Waals surface area (Å²) in [4.78, 5) is 34.1. The fourth-order valence-corrected chi connectivity index (χ4v) is 2.67. The lowest BCUT2D eigenvalue weighted by Gasteiger charge is -2.10. The number of nitro groups is 1. The number of carbonyl (C=O) groups is 2. The Morgan fingerprint density at radius 3 is 2.61 bits per heavy atom. The molecule has 1 N–H and O–H groups in total. The van der Waals surface area contributed by atoms with Crippen molar-refractivity contribution in [3.05, 3.63) is 63.2 Å². The van der Waals surface area contributed by atoms with Gasteiger partial charge in [0.2, 0.25) is 6.79 Å². The van der Waals surface area contributed by atoms with Crippen LogP contribution in [0.1, 0.15) is 11.1 Å². The molecular weight excluding hydrogens is 451 g/mol. The summed E-state index contributed by atoms with van der Waals surface area (Å²) >= 11 is 0. The summed E-state index contributed by atoms with van der Waals surface area (Å²) in [5, 5.41) is 22.3. The van der Waals surface area contributed by atoms with E-state index in [0.717, 1.165) is 0 Å². The van der Waals surface area contributed by atoms with Crippen LogP contribution in [0.4, 0.5) is 24.5 Å². The molecule has 170 valence electrons. The van der Waals surface area contributed by atoms with E-state index in [1.165, 1.54) is 12.1 Å². The number of halogens is 3. The normalized spacial score (nSPS) is 12.6. The molecule has 0 spiro atoms. The molecule has 2 aromatic carbocycles. The number of hydrogen-bond acceptors (Lipinski definition) is 8. The van der Waals surface area contributed by atoms with Gasteiger partial charge in [-0.05, 0) is 35.9 Å². The second-order valence-corrected chi connectivity index (χ2v) is 6.39. The molecule has 0 aliphatic carbocycles. The third kappa shape index (κ3) is 5.56. The lowest BCUT2D eigenvalue weighted by atomic mass is 10.1. The van der Waals surface area contributed by atoms with E-state index in [1.54, 1.807) is 18.2 Å². The van der Waals surface area contributed by atoms with Gasteiger partial charge in [0.1, 0.15) is 17.3 Å². The van der Waals surface area contributed by atoms with Gasteiger partial charge in [0.25, 0.3) is 11.6 Å². The molecule has 0 saturated carbocycles. The number of nitriles is 1. The van der Waals surface area contributed by atoms with Crippen molar-refractivity contribution in [1.29, 1.82) is 5.26 Å². The Morgan fingerprint density at radius 2 is 1.94 bits per heavy atom. The number of benzene rings is 2. The second-order valence-electron chi connectivity index (χ2n) is 6.39. The van der Waals surface area contributed by atoms with Crippen LogP contribution in [0.3, 0.4) is 0 Å². The van der Waals surface area contributed by atoms with Crippen molar-refractivity contribution in [1.82, 2.24) is 0 Å². The molecule has 10 nitrogen and oxygen atoms in total. The summed E-state index contributed by atoms with van der Waals surface area (Å²) < 4.78 is 53.3. The number of nitrogens with zero attached hydrogens (tertiary/aromatic N) is 2. The molecule has 0 bridgehead atoms. The summed E-state index contributed by atoms with van der Waals surface area (Å²) in [7, 11) is 0. The van der Waals surface area contributed by atoms with Crippen LogP contribution in [0.2, 0.25) is 0 Å². The number of nitrogens with one attached hydrogen (secondary N) is 1. The number of amides is 1. The molecule has 1 aliphatic rings. The zero-order chi connectivity index (χ0) is 24.2. The van der Waals surface area contributed by atoms with Crippen molar-refractivity contribution in [2.75, 3.05) is 18.7 Å². The van der Waals surface area contributed by atoms with Crippen LogP contribution in [-0.2, 0) is 20.5 Å². The molecule has 1 amide bonds. The maximum atomic E-state index is 12.8. The Bertz CT molecular complexity index is 1200. The van der Waals surface area contributed by atoms with Crippen LogP contribution >= 0.6 is 0 Å². The van der Waals surface area contributed by atoms with E-state index >= 15 is 0 Å². The lowest BCUT2D eigenvalue weighted by Crippen LogP contribution is -2.22. The van der Waals surface area contributed by atoms with Gasteiger partial charge in [0, 0.05) is 6.07 Å². The minimum absolute atomic E-state index is 0.0296. The van der Waals surface area contributed by atoms with Crippen LogP contribution < -0.4 is 14.8 Å². The summed E-state index contributed by atoms with van der Waals surface area (Å²) in [6.07, 6.45) is -3.64. The summed E-state index contributed by atoms with van der Waals surface area (Å²) in [6, 6.07) is 7.79. The van der Waals surface area contributed by atoms with E-state index in [9.17, 15) is 38.1 Å². The van der Waals surface area contributed by atoms with Crippen molar-refractivity contribution in [3.63, 3.8) is 0 Å². The Hall–Kier alpha value is -4.60. The van der Waals surface area contributed by atoms with Crippen LogP contribution in [0.15, 0.2) is 42.0 Å². The van der Waals surface area contributed by atoms with Crippen molar-refractivity contribution in [2.24, 2.45) is 0 Å². The van der Waals surface area contributed by atoms with E-state index in [0.29, 0.717) is 29.2 Å². The Labute approximate surface area is 182 Å². The van der Waals surface area contributed by atoms with Gasteiger partial charge in [-0.1, -0.05) is 6.07 Å². The van der Waals surface area contributed by atoms with Crippen LogP contribution in [0, 0.1) is 21.4 Å². The standard InChI is InChI=1S/C20H12F3N3O7/c21-20(22,23)13-2-3-14(15(7-13)26(29)30)25-18(27)9-31-19(28)12(8-24)5-11-1-4-16-17(6-11)33-10-32-16/h1-7H,9-10H2,(H,25,27)/b12-5+. The maximum absolute atomic E-state index is 12.8. The molecule has 0 fully saturated rings. The highest BCUT2D eigenvalue weighted by Gasteiger charge is 2.33. The summed E-state index contributed by atoms with van der Waals surface area (Å²) in [5.41, 5.74) is -2.83. The first-order valence-electron chi connectivity index (χ1n) is 8.92. The topological polar surface area (TPSA) is 141 Å². The van der Waals surface area contributed by atoms with Gasteiger partial charge < -0.3 is 19.5 Å². The van der Waals surface area contributed by atoms with Crippen LogP contribution in [-0.4, -0.2) is 30.2 Å². The number of anilines is 1. The average molecular weight is 463 g/mol. The first kappa shape index (κ1) is 23.1. The first-order chi connectivity index (χ1) is 15.6. The van der Waals surface area contributed by atoms with Gasteiger partial charge >= 0.3 is 12.1 Å². The van der Waals surface area contributed by atoms with Crippen molar-refractivity contribution in [2.45, 2.75) is 6.18 Å². The molecule has 1 heterocycles. The molecule has 3 rings (SSSR count). The molecule has 0 saturated heterocycles. The number of fused-ring (bicyclic) bond motifs is 1. The van der Waals surface area contributed by atoms with Crippen LogP contribution in [0.25, 0.3) is 6.08 Å². The first-order valence-corrected chi connectivity index (χ1v) is 8.92. The lowest BCUT2D eigenvalue weighted by molar-refractivity contribution is -0.384. The van der Waals surface area contributed by atoms with Crippen molar-refractivity contribution in [3.8, 4) is 17.6 Å². The highest BCUT2D eigenvalue weighted by Crippen LogP contribution is 2.35. The zero-order valence-electron chi connectivity index (χ0n) is 16.3. The number of nitro benzene ring substituents is 1. The number of hydrogen-bond donors (Lipinski definition) is 1. The maximum Gasteiger partial charge on any atom is 0.416 e. The number of ether oxygens (including phenoxy) is 3. The predicted molar refractivity (Wildman–Crippen MR) is 104 cm³/mol. The monoisotopic (exact) mass is 463 g/mol. The van der Waals surface area contributed by atoms with E-state index in [2.05, 4.69) is 0 Å². The zero-order valence-corrected chi connectivity index (χ0v) is 16.3. The van der Waals surface area contributed by atoms with Gasteiger partial charge in [0.05, 0.1) is 10.5 Å². The van der Waals surface area contributed by atoms with E-state index in [1.807, 2.05) is 5.32 Å². The molecule has 0 atom stereocenters. The molecule has 1 aliphatic heterocycles. The Balaban J connectivity index is 1.66. The van der Waals surface area contributed by atoms with Crippen LogP contribution in [0.5, 0.6) is 11.5 Å². The van der Waals surface area contributed by atoms with Gasteiger partial charge in [-0.15, -0.1) is 0 Å². The molecular formula is C20H12F3N3O7. The third-order valence-electron chi connectivity index (χ3n) is 4.18. The predicted octanol–water partition coefficient (Wildman–Crippen LogP) is 3.43. The van der Waals surface area contributed by atoms with Gasteiger partial charge in [-0.2, -0.15) is 18.4 Å². The second kappa shape index (κ2) is 9.27. The van der Waals surface area contributed by atoms with E-state index in [-0.39, 0.29) is 12.9 Å². The highest BCUT2D eigenvalue weighted by atomic mass is 19.4. The number of esters is 1. The molecule has 2 aromatic rings. The fourth-order valence-electron chi connectivity index (χ4n) is 2.67. The smallest absolute Gasteiger partial charge is 0.416 e. The number of alkyl halides is 3. The molecule has 13 heteroatoms. The van der Waals surface area contributed by atoms with Gasteiger partial charge in [0.15, 0.2) is 18.1 Å². The Kier molecular flexibility index (Phi) is 6.48. The SMILES string of the molecule is N#C/C(=C\c1ccc2c(c1)OCO2)C(=O)OCC(=O)Nc1ccc(C(F)(F)F)cc1[N+](=O)[O-].